The fraction of sp³-hybridized carbons (Fsp3) is 0.438. The van der Waals surface area contributed by atoms with Crippen molar-refractivity contribution in [1.29, 1.82) is 0 Å². The van der Waals surface area contributed by atoms with Crippen molar-refractivity contribution in [2.24, 2.45) is 0 Å². The molecule has 7 heteroatoms. The molecule has 0 unspecified atom stereocenters. The average molecular weight is 322 g/mol. The molecule has 0 aromatic heterocycles. The minimum atomic E-state index is -0.623. The quantitative estimate of drug-likeness (QED) is 0.695. The number of carbonyl (C=O) groups is 3. The van der Waals surface area contributed by atoms with E-state index >= 15 is 0 Å². The van der Waals surface area contributed by atoms with E-state index in [4.69, 9.17) is 4.74 Å². The summed E-state index contributed by atoms with van der Waals surface area (Å²) >= 11 is 0. The first-order chi connectivity index (χ1) is 10.9. The van der Waals surface area contributed by atoms with Crippen molar-refractivity contribution in [2.75, 3.05) is 31.7 Å². The molecular formula is C16H22N2O5. The summed E-state index contributed by atoms with van der Waals surface area (Å²) in [6, 6.07) is 5.58. The maximum atomic E-state index is 11.8. The van der Waals surface area contributed by atoms with Crippen molar-refractivity contribution < 1.29 is 23.9 Å². The fourth-order valence-corrected chi connectivity index (χ4v) is 1.68. The molecule has 0 spiro atoms. The summed E-state index contributed by atoms with van der Waals surface area (Å²) in [5.74, 6) is -1.53. The second kappa shape index (κ2) is 9.58. The van der Waals surface area contributed by atoms with E-state index < -0.39 is 18.5 Å². The number of rotatable bonds is 8. The third kappa shape index (κ3) is 6.92. The van der Waals surface area contributed by atoms with Crippen molar-refractivity contribution in [3.63, 3.8) is 0 Å². The van der Waals surface area contributed by atoms with Crippen LogP contribution in [0.3, 0.4) is 0 Å². The Morgan fingerprint density at radius 1 is 1.09 bits per heavy atom. The molecule has 2 N–H and O–H groups in total. The van der Waals surface area contributed by atoms with Gasteiger partial charge >= 0.3 is 5.97 Å². The molecule has 23 heavy (non-hydrogen) atoms. The SMILES string of the molecule is CCOCC(=O)OCC(=O)NCC(=O)Nc1cccc(C)c1C. The van der Waals surface area contributed by atoms with E-state index in [0.717, 1.165) is 11.1 Å². The number of esters is 1. The summed E-state index contributed by atoms with van der Waals surface area (Å²) in [5.41, 5.74) is 2.73. The van der Waals surface area contributed by atoms with E-state index in [1.54, 1.807) is 13.0 Å². The van der Waals surface area contributed by atoms with E-state index in [-0.39, 0.29) is 19.1 Å². The van der Waals surface area contributed by atoms with Crippen LogP contribution in [-0.4, -0.2) is 44.1 Å². The van der Waals surface area contributed by atoms with E-state index in [0.29, 0.717) is 12.3 Å². The van der Waals surface area contributed by atoms with Gasteiger partial charge in [0.1, 0.15) is 6.61 Å². The van der Waals surface area contributed by atoms with Crippen LogP contribution in [0.25, 0.3) is 0 Å². The highest BCUT2D eigenvalue weighted by Gasteiger charge is 2.10. The first-order valence-corrected chi connectivity index (χ1v) is 7.30. The highest BCUT2D eigenvalue weighted by atomic mass is 16.6. The van der Waals surface area contributed by atoms with Crippen LogP contribution in [0, 0.1) is 13.8 Å². The second-order valence-electron chi connectivity index (χ2n) is 4.87. The lowest BCUT2D eigenvalue weighted by Gasteiger charge is -2.11. The number of hydrogen-bond acceptors (Lipinski definition) is 5. The summed E-state index contributed by atoms with van der Waals surface area (Å²) in [7, 11) is 0. The Morgan fingerprint density at radius 3 is 2.52 bits per heavy atom. The van der Waals surface area contributed by atoms with E-state index in [1.807, 2.05) is 26.0 Å². The van der Waals surface area contributed by atoms with Gasteiger partial charge in [0.2, 0.25) is 5.91 Å². The molecular weight excluding hydrogens is 300 g/mol. The van der Waals surface area contributed by atoms with E-state index in [2.05, 4.69) is 15.4 Å². The first kappa shape index (κ1) is 18.6. The summed E-state index contributed by atoms with van der Waals surface area (Å²) in [5, 5.41) is 5.10. The zero-order chi connectivity index (χ0) is 17.2. The molecule has 1 aromatic carbocycles. The lowest BCUT2D eigenvalue weighted by molar-refractivity contribution is -0.152. The van der Waals surface area contributed by atoms with Crippen LogP contribution >= 0.6 is 0 Å². The Morgan fingerprint density at radius 2 is 1.83 bits per heavy atom. The molecule has 1 rings (SSSR count). The van der Waals surface area contributed by atoms with Gasteiger partial charge < -0.3 is 20.1 Å². The van der Waals surface area contributed by atoms with Crippen molar-refractivity contribution in [2.45, 2.75) is 20.8 Å². The average Bonchev–Trinajstić information content (AvgIpc) is 2.53. The van der Waals surface area contributed by atoms with E-state index in [9.17, 15) is 14.4 Å². The number of carbonyl (C=O) groups excluding carboxylic acids is 3. The maximum Gasteiger partial charge on any atom is 0.332 e. The number of nitrogens with one attached hydrogen (secondary N) is 2. The Bertz CT molecular complexity index is 572. The molecule has 0 atom stereocenters. The molecule has 0 fully saturated rings. The number of amides is 2. The van der Waals surface area contributed by atoms with Crippen LogP contribution < -0.4 is 10.6 Å². The van der Waals surface area contributed by atoms with E-state index in [1.165, 1.54) is 0 Å². The van der Waals surface area contributed by atoms with Gasteiger partial charge in [0.05, 0.1) is 6.54 Å². The largest absolute Gasteiger partial charge is 0.454 e. The topological polar surface area (TPSA) is 93.7 Å². The summed E-state index contributed by atoms with van der Waals surface area (Å²) in [6.45, 7) is 5.15. The van der Waals surface area contributed by atoms with Crippen molar-refractivity contribution in [3.05, 3.63) is 29.3 Å². The summed E-state index contributed by atoms with van der Waals surface area (Å²) in [6.07, 6.45) is 0. The maximum absolute atomic E-state index is 11.8. The van der Waals surface area contributed by atoms with Gasteiger partial charge in [0.25, 0.3) is 5.91 Å². The van der Waals surface area contributed by atoms with Gasteiger partial charge in [-0.15, -0.1) is 0 Å². The van der Waals surface area contributed by atoms with Gasteiger partial charge in [-0.25, -0.2) is 4.79 Å². The zero-order valence-corrected chi connectivity index (χ0v) is 13.6. The van der Waals surface area contributed by atoms with Crippen LogP contribution in [0.5, 0.6) is 0 Å². The molecule has 0 radical (unpaired) electrons. The Hall–Kier alpha value is -2.41. The fourth-order valence-electron chi connectivity index (χ4n) is 1.68. The number of hydrogen-bond donors (Lipinski definition) is 2. The molecule has 0 aliphatic rings. The Labute approximate surface area is 135 Å². The number of benzene rings is 1. The van der Waals surface area contributed by atoms with Gasteiger partial charge in [0.15, 0.2) is 6.61 Å². The minimum absolute atomic E-state index is 0.198. The zero-order valence-electron chi connectivity index (χ0n) is 13.6. The second-order valence-corrected chi connectivity index (χ2v) is 4.87. The highest BCUT2D eigenvalue weighted by molar-refractivity contribution is 5.95. The molecule has 0 bridgehead atoms. The van der Waals surface area contributed by atoms with Crippen molar-refractivity contribution >= 4 is 23.5 Å². The predicted molar refractivity (Wildman–Crippen MR) is 85.0 cm³/mol. The molecule has 2 amide bonds. The van der Waals surface area contributed by atoms with Gasteiger partial charge in [-0.2, -0.15) is 0 Å². The van der Waals surface area contributed by atoms with Crippen LogP contribution in [-0.2, 0) is 23.9 Å². The van der Waals surface area contributed by atoms with Crippen LogP contribution in [0.15, 0.2) is 18.2 Å². The van der Waals surface area contributed by atoms with Crippen molar-refractivity contribution in [1.82, 2.24) is 5.32 Å². The summed E-state index contributed by atoms with van der Waals surface area (Å²) in [4.78, 5) is 34.4. The van der Waals surface area contributed by atoms with Gasteiger partial charge in [-0.3, -0.25) is 9.59 Å². The third-order valence-electron chi connectivity index (χ3n) is 3.11. The van der Waals surface area contributed by atoms with Gasteiger partial charge in [0, 0.05) is 12.3 Å². The number of aryl methyl sites for hydroxylation is 1. The molecule has 126 valence electrons. The summed E-state index contributed by atoms with van der Waals surface area (Å²) < 4.78 is 9.53. The smallest absolute Gasteiger partial charge is 0.332 e. The molecule has 0 saturated heterocycles. The molecule has 0 aliphatic carbocycles. The van der Waals surface area contributed by atoms with Gasteiger partial charge in [-0.1, -0.05) is 12.1 Å². The van der Waals surface area contributed by atoms with Crippen molar-refractivity contribution in [3.8, 4) is 0 Å². The first-order valence-electron chi connectivity index (χ1n) is 7.30. The monoisotopic (exact) mass is 322 g/mol. The van der Waals surface area contributed by atoms with Crippen LogP contribution in [0.1, 0.15) is 18.1 Å². The standard InChI is InChI=1S/C16H22N2O5/c1-4-22-10-16(21)23-9-15(20)17-8-14(19)18-13-7-5-6-11(2)12(13)3/h5-7H,4,8-10H2,1-3H3,(H,17,20)(H,18,19). The van der Waals surface area contributed by atoms with Crippen LogP contribution in [0.2, 0.25) is 0 Å². The molecule has 7 nitrogen and oxygen atoms in total. The molecule has 0 heterocycles. The number of ether oxygens (including phenoxy) is 2. The Balaban J connectivity index is 2.31. The minimum Gasteiger partial charge on any atom is -0.454 e. The molecule has 0 aliphatic heterocycles. The normalized spacial score (nSPS) is 10.0. The molecule has 1 aromatic rings. The van der Waals surface area contributed by atoms with Crippen LogP contribution in [0.4, 0.5) is 5.69 Å². The third-order valence-corrected chi connectivity index (χ3v) is 3.11. The highest BCUT2D eigenvalue weighted by Crippen LogP contribution is 2.17. The Kier molecular flexibility index (Phi) is 7.76. The van der Waals surface area contributed by atoms with Gasteiger partial charge in [-0.05, 0) is 38.0 Å². The number of anilines is 1. The molecule has 0 saturated carbocycles. The predicted octanol–water partition coefficient (Wildman–Crippen LogP) is 0.938. The lowest BCUT2D eigenvalue weighted by atomic mass is 10.1. The lowest BCUT2D eigenvalue weighted by Crippen LogP contribution is -2.36.